The Labute approximate surface area is 155 Å². The van der Waals surface area contributed by atoms with E-state index in [4.69, 9.17) is 10.5 Å². The second kappa shape index (κ2) is 8.37. The molecule has 0 aliphatic rings. The van der Waals surface area contributed by atoms with Crippen molar-refractivity contribution in [3.05, 3.63) is 47.7 Å². The minimum atomic E-state index is 0.558. The number of rotatable bonds is 8. The van der Waals surface area contributed by atoms with Crippen molar-refractivity contribution in [2.75, 3.05) is 13.7 Å². The minimum absolute atomic E-state index is 0.558. The van der Waals surface area contributed by atoms with E-state index in [0.717, 1.165) is 43.5 Å². The third kappa shape index (κ3) is 3.61. The van der Waals surface area contributed by atoms with Gasteiger partial charge in [-0.2, -0.15) is 0 Å². The Balaban J connectivity index is 2.16. The number of methoxy groups -OCH3 is 1. The molecular formula is C22H29N3O. The van der Waals surface area contributed by atoms with Crippen LogP contribution in [0.2, 0.25) is 0 Å². The van der Waals surface area contributed by atoms with Crippen molar-refractivity contribution in [1.29, 1.82) is 0 Å². The third-order valence-corrected chi connectivity index (χ3v) is 5.23. The zero-order chi connectivity index (χ0) is 18.5. The van der Waals surface area contributed by atoms with Crippen molar-refractivity contribution in [1.82, 2.24) is 9.97 Å². The van der Waals surface area contributed by atoms with Crippen LogP contribution in [0.3, 0.4) is 0 Å². The van der Waals surface area contributed by atoms with Crippen LogP contribution in [0.5, 0.6) is 5.88 Å². The van der Waals surface area contributed by atoms with E-state index in [1.807, 2.05) is 6.07 Å². The third-order valence-electron chi connectivity index (χ3n) is 5.23. The highest BCUT2D eigenvalue weighted by Gasteiger charge is 2.17. The molecule has 0 amide bonds. The first-order chi connectivity index (χ1) is 12.7. The van der Waals surface area contributed by atoms with Crippen LogP contribution < -0.4 is 10.5 Å². The maximum atomic E-state index is 5.72. The molecule has 1 atom stereocenters. The number of fused-ring (bicyclic) bond motifs is 1. The number of aryl methyl sites for hydroxylation is 1. The number of hydrogen-bond donors (Lipinski definition) is 2. The van der Waals surface area contributed by atoms with Gasteiger partial charge in [0.2, 0.25) is 5.88 Å². The molecule has 138 valence electrons. The molecule has 3 rings (SSSR count). The lowest BCUT2D eigenvalue weighted by molar-refractivity contribution is 0.399. The molecule has 1 unspecified atom stereocenters. The molecule has 26 heavy (non-hydrogen) atoms. The number of nitrogens with two attached hydrogens (primary N) is 1. The van der Waals surface area contributed by atoms with Gasteiger partial charge in [-0.05, 0) is 73.5 Å². The van der Waals surface area contributed by atoms with Gasteiger partial charge in [0.25, 0.3) is 0 Å². The molecule has 3 aromatic rings. The second-order valence-corrected chi connectivity index (χ2v) is 6.90. The first-order valence-electron chi connectivity index (χ1n) is 9.53. The van der Waals surface area contributed by atoms with Gasteiger partial charge < -0.3 is 15.5 Å². The summed E-state index contributed by atoms with van der Waals surface area (Å²) in [7, 11) is 1.67. The van der Waals surface area contributed by atoms with Crippen LogP contribution in [0, 0.1) is 0 Å². The Morgan fingerprint density at radius 3 is 2.81 bits per heavy atom. The molecule has 4 heteroatoms. The SMILES string of the molecule is CCC(C)c1ccc2[nH]c(-c3cccnc3OC)c(CCCCN)c2c1. The van der Waals surface area contributed by atoms with Crippen LogP contribution in [0.1, 0.15) is 50.2 Å². The number of hydrogen-bond acceptors (Lipinski definition) is 3. The van der Waals surface area contributed by atoms with Crippen molar-refractivity contribution < 1.29 is 4.74 Å². The van der Waals surface area contributed by atoms with E-state index >= 15 is 0 Å². The lowest BCUT2D eigenvalue weighted by Crippen LogP contribution is -2.00. The van der Waals surface area contributed by atoms with Crippen molar-refractivity contribution in [3.63, 3.8) is 0 Å². The van der Waals surface area contributed by atoms with Crippen LogP contribution in [-0.4, -0.2) is 23.6 Å². The van der Waals surface area contributed by atoms with E-state index in [2.05, 4.69) is 48.1 Å². The molecule has 0 saturated heterocycles. The standard InChI is InChI=1S/C22H29N3O/c1-4-15(2)16-10-11-20-19(14-16)17(8-5-6-12-23)21(25-20)18-9-7-13-24-22(18)26-3/h7,9-11,13-15,25H,4-6,8,12,23H2,1-3H3. The Bertz CT molecular complexity index is 869. The van der Waals surface area contributed by atoms with Gasteiger partial charge in [0, 0.05) is 17.1 Å². The number of unbranched alkanes of at least 4 members (excludes halogenated alkanes) is 1. The molecule has 0 saturated carbocycles. The first kappa shape index (κ1) is 18.5. The predicted molar refractivity (Wildman–Crippen MR) is 109 cm³/mol. The van der Waals surface area contributed by atoms with E-state index in [-0.39, 0.29) is 0 Å². The van der Waals surface area contributed by atoms with E-state index in [1.54, 1.807) is 13.3 Å². The Morgan fingerprint density at radius 1 is 1.23 bits per heavy atom. The minimum Gasteiger partial charge on any atom is -0.481 e. The number of aromatic amines is 1. The van der Waals surface area contributed by atoms with Crippen LogP contribution in [-0.2, 0) is 6.42 Å². The molecule has 0 fully saturated rings. The lowest BCUT2D eigenvalue weighted by Gasteiger charge is -2.10. The molecule has 1 aromatic carbocycles. The average Bonchev–Trinajstić information content (AvgIpc) is 3.05. The smallest absolute Gasteiger partial charge is 0.222 e. The van der Waals surface area contributed by atoms with E-state index in [9.17, 15) is 0 Å². The summed E-state index contributed by atoms with van der Waals surface area (Å²) in [6.07, 6.45) is 6.00. The van der Waals surface area contributed by atoms with E-state index < -0.39 is 0 Å². The number of benzene rings is 1. The molecule has 3 N–H and O–H groups in total. The van der Waals surface area contributed by atoms with Crippen LogP contribution in [0.15, 0.2) is 36.5 Å². The topological polar surface area (TPSA) is 63.9 Å². The number of ether oxygens (including phenoxy) is 1. The van der Waals surface area contributed by atoms with Gasteiger partial charge in [-0.3, -0.25) is 0 Å². The molecule has 0 bridgehead atoms. The Morgan fingerprint density at radius 2 is 2.08 bits per heavy atom. The molecule has 0 aliphatic carbocycles. The zero-order valence-electron chi connectivity index (χ0n) is 16.0. The fourth-order valence-electron chi connectivity index (χ4n) is 3.49. The summed E-state index contributed by atoms with van der Waals surface area (Å²) in [6, 6.07) is 10.8. The lowest BCUT2D eigenvalue weighted by atomic mass is 9.95. The number of H-pyrrole nitrogens is 1. The fraction of sp³-hybridized carbons (Fsp3) is 0.409. The largest absolute Gasteiger partial charge is 0.481 e. The highest BCUT2D eigenvalue weighted by atomic mass is 16.5. The van der Waals surface area contributed by atoms with Crippen molar-refractivity contribution in [3.8, 4) is 17.1 Å². The molecule has 4 nitrogen and oxygen atoms in total. The fourth-order valence-corrected chi connectivity index (χ4v) is 3.49. The molecule has 0 radical (unpaired) electrons. The summed E-state index contributed by atoms with van der Waals surface area (Å²) >= 11 is 0. The average molecular weight is 351 g/mol. The summed E-state index contributed by atoms with van der Waals surface area (Å²) < 4.78 is 5.50. The molecule has 0 spiro atoms. The summed E-state index contributed by atoms with van der Waals surface area (Å²) in [5.41, 5.74) is 11.7. The van der Waals surface area contributed by atoms with Gasteiger partial charge in [-0.1, -0.05) is 19.9 Å². The van der Waals surface area contributed by atoms with E-state index in [1.165, 1.54) is 22.0 Å². The maximum absolute atomic E-state index is 5.72. The zero-order valence-corrected chi connectivity index (χ0v) is 16.0. The Hall–Kier alpha value is -2.33. The van der Waals surface area contributed by atoms with Crippen molar-refractivity contribution >= 4 is 10.9 Å². The predicted octanol–water partition coefficient (Wildman–Crippen LogP) is 5.03. The molecule has 0 aliphatic heterocycles. The highest BCUT2D eigenvalue weighted by Crippen LogP contribution is 2.36. The molecule has 2 heterocycles. The molecular weight excluding hydrogens is 322 g/mol. The van der Waals surface area contributed by atoms with Crippen molar-refractivity contribution in [2.45, 2.75) is 45.4 Å². The summed E-state index contributed by atoms with van der Waals surface area (Å²) in [6.45, 7) is 5.25. The van der Waals surface area contributed by atoms with Gasteiger partial charge in [0.15, 0.2) is 0 Å². The second-order valence-electron chi connectivity index (χ2n) is 6.90. The number of pyridine rings is 1. The monoisotopic (exact) mass is 351 g/mol. The van der Waals surface area contributed by atoms with Crippen molar-refractivity contribution in [2.24, 2.45) is 5.73 Å². The van der Waals surface area contributed by atoms with Crippen LogP contribution >= 0.6 is 0 Å². The highest BCUT2D eigenvalue weighted by molar-refractivity contribution is 5.92. The van der Waals surface area contributed by atoms with Gasteiger partial charge in [-0.15, -0.1) is 0 Å². The Kier molecular flexibility index (Phi) is 5.94. The summed E-state index contributed by atoms with van der Waals surface area (Å²) in [4.78, 5) is 7.99. The van der Waals surface area contributed by atoms with Gasteiger partial charge >= 0.3 is 0 Å². The summed E-state index contributed by atoms with van der Waals surface area (Å²) in [5, 5.41) is 1.31. The van der Waals surface area contributed by atoms with Crippen LogP contribution in [0.25, 0.3) is 22.2 Å². The number of aromatic nitrogens is 2. The maximum Gasteiger partial charge on any atom is 0.222 e. The van der Waals surface area contributed by atoms with E-state index in [0.29, 0.717) is 11.8 Å². The quantitative estimate of drug-likeness (QED) is 0.559. The first-order valence-corrected chi connectivity index (χ1v) is 9.53. The van der Waals surface area contributed by atoms with Gasteiger partial charge in [0.1, 0.15) is 0 Å². The summed E-state index contributed by atoms with van der Waals surface area (Å²) in [5.74, 6) is 1.21. The number of nitrogens with zero attached hydrogens (tertiary/aromatic N) is 1. The van der Waals surface area contributed by atoms with Crippen LogP contribution in [0.4, 0.5) is 0 Å². The molecule has 2 aromatic heterocycles. The normalized spacial score (nSPS) is 12.5. The van der Waals surface area contributed by atoms with Gasteiger partial charge in [0.05, 0.1) is 18.4 Å². The number of nitrogens with one attached hydrogen (secondary N) is 1. The van der Waals surface area contributed by atoms with Gasteiger partial charge in [-0.25, -0.2) is 4.98 Å².